The maximum absolute atomic E-state index is 12.7. The third kappa shape index (κ3) is 3.76. The number of aryl methyl sites for hydroxylation is 1. The van der Waals surface area contributed by atoms with Gasteiger partial charge in [0.15, 0.2) is 12.4 Å². The van der Waals surface area contributed by atoms with Crippen molar-refractivity contribution in [1.82, 2.24) is 0 Å². The minimum Gasteiger partial charge on any atom is -0.461 e. The lowest BCUT2D eigenvalue weighted by atomic mass is 9.80. The van der Waals surface area contributed by atoms with E-state index in [0.29, 0.717) is 16.9 Å². The summed E-state index contributed by atoms with van der Waals surface area (Å²) in [6.07, 6.45) is 0.574. The van der Waals surface area contributed by atoms with Crippen LogP contribution in [-0.2, 0) is 19.1 Å². The maximum Gasteiger partial charge on any atom is 0.343 e. The molecule has 0 spiro atoms. The molecule has 8 heteroatoms. The number of ketones is 1. The second-order valence-electron chi connectivity index (χ2n) is 8.72. The van der Waals surface area contributed by atoms with Crippen molar-refractivity contribution in [3.63, 3.8) is 0 Å². The predicted octanol–water partition coefficient (Wildman–Crippen LogP) is 3.51. The summed E-state index contributed by atoms with van der Waals surface area (Å²) >= 11 is 3.56. The second-order valence-corrected chi connectivity index (χ2v) is 9.78. The highest BCUT2D eigenvalue weighted by atomic mass is 79.9. The molecule has 3 aliphatic rings. The topological polar surface area (TPSA) is 96.0 Å². The highest BCUT2D eigenvalue weighted by Crippen LogP contribution is 2.60. The molecule has 6 atom stereocenters. The number of alkyl halides is 1. The molecule has 2 aromatic rings. The molecule has 0 unspecified atom stereocenters. The van der Waals surface area contributed by atoms with Gasteiger partial charge in [-0.1, -0.05) is 34.1 Å². The van der Waals surface area contributed by atoms with Gasteiger partial charge in [0.05, 0.1) is 22.2 Å². The molecule has 2 saturated carbocycles. The Morgan fingerprint density at radius 2 is 1.79 bits per heavy atom. The van der Waals surface area contributed by atoms with E-state index in [1.54, 1.807) is 12.1 Å². The fraction of sp³-hybridized carbons (Fsp3) is 0.360. The summed E-state index contributed by atoms with van der Waals surface area (Å²) in [5.74, 6) is -2.49. The molecule has 1 saturated heterocycles. The van der Waals surface area contributed by atoms with E-state index in [9.17, 15) is 19.2 Å². The van der Waals surface area contributed by atoms with Gasteiger partial charge in [-0.25, -0.2) is 4.79 Å². The minimum absolute atomic E-state index is 0.0266. The van der Waals surface area contributed by atoms with Crippen molar-refractivity contribution < 1.29 is 33.4 Å². The van der Waals surface area contributed by atoms with Gasteiger partial charge in [0.25, 0.3) is 0 Å². The van der Waals surface area contributed by atoms with E-state index in [0.717, 1.165) is 12.0 Å². The zero-order valence-corrected chi connectivity index (χ0v) is 19.3. The Bertz CT molecular complexity index is 1140. The third-order valence-corrected chi connectivity index (χ3v) is 8.09. The van der Waals surface area contributed by atoms with E-state index in [2.05, 4.69) is 15.9 Å². The van der Waals surface area contributed by atoms with Crippen LogP contribution in [0, 0.1) is 30.6 Å². The highest BCUT2D eigenvalue weighted by molar-refractivity contribution is 9.09. The van der Waals surface area contributed by atoms with E-state index >= 15 is 0 Å². The van der Waals surface area contributed by atoms with Crippen LogP contribution in [0.5, 0.6) is 5.75 Å². The Kier molecular flexibility index (Phi) is 5.56. The Balaban J connectivity index is 1.18. The van der Waals surface area contributed by atoms with E-state index in [4.69, 9.17) is 14.2 Å². The first kappa shape index (κ1) is 21.8. The summed E-state index contributed by atoms with van der Waals surface area (Å²) in [5.41, 5.74) is 1.60. The highest BCUT2D eigenvalue weighted by Gasteiger charge is 2.68. The van der Waals surface area contributed by atoms with Crippen LogP contribution >= 0.6 is 15.9 Å². The van der Waals surface area contributed by atoms with Crippen molar-refractivity contribution in [2.75, 3.05) is 6.61 Å². The van der Waals surface area contributed by atoms with Gasteiger partial charge in [-0.3, -0.25) is 14.4 Å². The zero-order valence-electron chi connectivity index (χ0n) is 17.7. The Morgan fingerprint density at radius 1 is 1.06 bits per heavy atom. The number of fused-ring (bicyclic) bond motifs is 1. The average Bonchev–Trinajstić information content (AvgIpc) is 3.42. The second kappa shape index (κ2) is 8.41. The first-order valence-corrected chi connectivity index (χ1v) is 11.7. The normalized spacial score (nSPS) is 29.0. The molecule has 33 heavy (non-hydrogen) atoms. The third-order valence-electron chi connectivity index (χ3n) is 6.89. The van der Waals surface area contributed by atoms with E-state index < -0.39 is 30.4 Å². The van der Waals surface area contributed by atoms with Crippen LogP contribution in [0.25, 0.3) is 0 Å². The fourth-order valence-corrected chi connectivity index (χ4v) is 6.33. The van der Waals surface area contributed by atoms with Gasteiger partial charge in [0.1, 0.15) is 11.9 Å². The number of hydrogen-bond donors (Lipinski definition) is 0. The standard InChI is InChI=1S/C25H21BrO7/c1-12-4-2-3-5-15(12)23(28)32-14-8-6-13(7-9-14)18(27)11-31-24(29)19-16-10-17-20(19)25(30)33-22(17)21(16)26/h2-9,16-17,19-22H,10-11H2,1H3/t16-,17-,19-,20-,21+,22+/m1/s1. The van der Waals surface area contributed by atoms with E-state index in [1.807, 2.05) is 19.1 Å². The molecule has 1 aliphatic heterocycles. The van der Waals surface area contributed by atoms with Gasteiger partial charge in [-0.2, -0.15) is 0 Å². The average molecular weight is 513 g/mol. The first-order valence-electron chi connectivity index (χ1n) is 10.8. The Labute approximate surface area is 198 Å². The molecule has 170 valence electrons. The summed E-state index contributed by atoms with van der Waals surface area (Å²) in [6.45, 7) is 1.40. The number of carbonyl (C=O) groups is 4. The van der Waals surface area contributed by atoms with Gasteiger partial charge in [0.2, 0.25) is 0 Å². The number of esters is 3. The number of Topliss-reactive ketones (excluding diaryl/α,β-unsaturated/α-hetero) is 1. The van der Waals surface area contributed by atoms with Crippen LogP contribution in [0.3, 0.4) is 0 Å². The maximum atomic E-state index is 12.7. The lowest BCUT2D eigenvalue weighted by Gasteiger charge is -2.26. The molecule has 7 nitrogen and oxygen atoms in total. The van der Waals surface area contributed by atoms with Crippen LogP contribution in [-0.4, -0.2) is 41.2 Å². The number of halogens is 1. The largest absolute Gasteiger partial charge is 0.461 e. The Morgan fingerprint density at radius 3 is 2.52 bits per heavy atom. The van der Waals surface area contributed by atoms with E-state index in [1.165, 1.54) is 24.3 Å². The van der Waals surface area contributed by atoms with Crippen molar-refractivity contribution in [2.24, 2.45) is 23.7 Å². The van der Waals surface area contributed by atoms with Crippen LogP contribution in [0.15, 0.2) is 48.5 Å². The number of benzene rings is 2. The SMILES string of the molecule is Cc1ccccc1C(=O)Oc1ccc(C(=O)COC(=O)[C@@H]2[C@H]3C[C@H]4[C@H](OC(=O)[C@H]42)[C@H]3Br)cc1. The van der Waals surface area contributed by atoms with Crippen molar-refractivity contribution in [3.05, 3.63) is 65.2 Å². The molecule has 3 fully saturated rings. The van der Waals surface area contributed by atoms with Crippen LogP contribution in [0.2, 0.25) is 0 Å². The van der Waals surface area contributed by atoms with Crippen molar-refractivity contribution in [3.8, 4) is 5.75 Å². The Hall–Kier alpha value is -3.00. The molecule has 0 radical (unpaired) electrons. The number of hydrogen-bond acceptors (Lipinski definition) is 7. The molecule has 0 amide bonds. The van der Waals surface area contributed by atoms with Crippen molar-refractivity contribution in [2.45, 2.75) is 24.3 Å². The summed E-state index contributed by atoms with van der Waals surface area (Å²) in [6, 6.07) is 13.2. The fourth-order valence-electron chi connectivity index (χ4n) is 5.28. The lowest BCUT2D eigenvalue weighted by Crippen LogP contribution is -2.39. The predicted molar refractivity (Wildman–Crippen MR) is 119 cm³/mol. The first-order chi connectivity index (χ1) is 15.8. The number of rotatable bonds is 6. The van der Waals surface area contributed by atoms with Gasteiger partial charge in [-0.15, -0.1) is 0 Å². The molecular weight excluding hydrogens is 492 g/mol. The smallest absolute Gasteiger partial charge is 0.343 e. The minimum atomic E-state index is -0.582. The van der Waals surface area contributed by atoms with Crippen molar-refractivity contribution in [1.29, 1.82) is 0 Å². The van der Waals surface area contributed by atoms with Crippen LogP contribution in [0.4, 0.5) is 0 Å². The molecule has 2 aromatic carbocycles. The van der Waals surface area contributed by atoms with Gasteiger partial charge in [-0.05, 0) is 55.2 Å². The molecule has 5 rings (SSSR count). The molecular formula is C25H21BrO7. The molecule has 0 N–H and O–H groups in total. The summed E-state index contributed by atoms with van der Waals surface area (Å²) in [4.78, 5) is 49.7. The molecule has 0 aromatic heterocycles. The summed E-state index contributed by atoms with van der Waals surface area (Å²) in [5, 5.41) is 0. The number of carbonyl (C=O) groups excluding carboxylic acids is 4. The van der Waals surface area contributed by atoms with Crippen LogP contribution < -0.4 is 4.74 Å². The number of ether oxygens (including phenoxy) is 3. The molecule has 2 bridgehead atoms. The lowest BCUT2D eigenvalue weighted by molar-refractivity contribution is -0.154. The quantitative estimate of drug-likeness (QED) is 0.253. The zero-order chi connectivity index (χ0) is 23.3. The van der Waals surface area contributed by atoms with Gasteiger partial charge < -0.3 is 14.2 Å². The summed E-state index contributed by atoms with van der Waals surface area (Å²) < 4.78 is 16.1. The van der Waals surface area contributed by atoms with Gasteiger partial charge in [0, 0.05) is 11.5 Å². The molecule has 2 aliphatic carbocycles. The van der Waals surface area contributed by atoms with E-state index in [-0.39, 0.29) is 34.5 Å². The summed E-state index contributed by atoms with van der Waals surface area (Å²) in [7, 11) is 0. The monoisotopic (exact) mass is 512 g/mol. The van der Waals surface area contributed by atoms with Crippen LogP contribution in [0.1, 0.15) is 32.7 Å². The molecule has 1 heterocycles. The van der Waals surface area contributed by atoms with Crippen molar-refractivity contribution >= 4 is 39.6 Å². The van der Waals surface area contributed by atoms with Gasteiger partial charge >= 0.3 is 17.9 Å².